The predicted molar refractivity (Wildman–Crippen MR) is 52.5 cm³/mol. The zero-order valence-electron chi connectivity index (χ0n) is 8.51. The van der Waals surface area contributed by atoms with Crippen molar-refractivity contribution in [3.05, 3.63) is 33.2 Å². The molecule has 1 heterocycles. The second-order valence-corrected chi connectivity index (χ2v) is 3.04. The van der Waals surface area contributed by atoms with Crippen molar-refractivity contribution in [3.63, 3.8) is 0 Å². The number of pyridine rings is 1. The number of carbonyl (C=O) groups is 1. The lowest BCUT2D eigenvalue weighted by Crippen LogP contribution is -2.20. The second kappa shape index (κ2) is 4.09. The first-order chi connectivity index (χ1) is 6.56. The van der Waals surface area contributed by atoms with E-state index >= 15 is 0 Å². The first kappa shape index (κ1) is 10.5. The van der Waals surface area contributed by atoms with Gasteiger partial charge in [0.2, 0.25) is 0 Å². The number of hydrogen-bond acceptors (Lipinski definition) is 3. The number of aromatic nitrogens is 1. The fourth-order valence-corrected chi connectivity index (χ4v) is 1.09. The van der Waals surface area contributed by atoms with E-state index in [1.807, 2.05) is 6.92 Å². The van der Waals surface area contributed by atoms with Gasteiger partial charge in [0.1, 0.15) is 5.56 Å². The van der Waals surface area contributed by atoms with Crippen LogP contribution in [-0.2, 0) is 4.74 Å². The first-order valence-electron chi connectivity index (χ1n) is 4.44. The van der Waals surface area contributed by atoms with Crippen LogP contribution in [0.4, 0.5) is 0 Å². The van der Waals surface area contributed by atoms with Crippen molar-refractivity contribution in [1.29, 1.82) is 0 Å². The van der Waals surface area contributed by atoms with Crippen molar-refractivity contribution in [2.24, 2.45) is 0 Å². The van der Waals surface area contributed by atoms with Crippen LogP contribution in [0.3, 0.4) is 0 Å². The number of ether oxygens (including phenoxy) is 1. The van der Waals surface area contributed by atoms with Crippen LogP contribution in [0, 0.1) is 13.8 Å². The molecule has 0 saturated heterocycles. The average molecular weight is 195 g/mol. The molecule has 4 heteroatoms. The zero-order chi connectivity index (χ0) is 10.7. The summed E-state index contributed by atoms with van der Waals surface area (Å²) in [5.41, 5.74) is 1.30. The summed E-state index contributed by atoms with van der Waals surface area (Å²) in [6.45, 7) is 5.58. The Kier molecular flexibility index (Phi) is 3.06. The molecule has 0 spiro atoms. The minimum Gasteiger partial charge on any atom is -0.462 e. The highest BCUT2D eigenvalue weighted by Crippen LogP contribution is 2.03. The highest BCUT2D eigenvalue weighted by Gasteiger charge is 2.12. The van der Waals surface area contributed by atoms with Crippen LogP contribution in [0.15, 0.2) is 10.9 Å². The van der Waals surface area contributed by atoms with Crippen LogP contribution >= 0.6 is 0 Å². The Balaban J connectivity index is 3.16. The lowest BCUT2D eigenvalue weighted by molar-refractivity contribution is 0.0524. The minimum atomic E-state index is -0.572. The van der Waals surface area contributed by atoms with Gasteiger partial charge in [-0.2, -0.15) is 0 Å². The fraction of sp³-hybridized carbons (Fsp3) is 0.400. The maximum Gasteiger partial charge on any atom is 0.343 e. The van der Waals surface area contributed by atoms with Crippen molar-refractivity contribution in [2.45, 2.75) is 20.8 Å². The van der Waals surface area contributed by atoms with Gasteiger partial charge < -0.3 is 9.72 Å². The highest BCUT2D eigenvalue weighted by molar-refractivity contribution is 5.89. The number of rotatable bonds is 2. The number of H-pyrrole nitrogens is 1. The standard InChI is InChI=1S/C10H13NO3/c1-4-14-10(13)8-5-6(2)7(3)11-9(8)12/h5H,4H2,1-3H3,(H,11,12). The minimum absolute atomic E-state index is 0.0648. The molecule has 1 N–H and O–H groups in total. The molecule has 1 aromatic heterocycles. The molecule has 14 heavy (non-hydrogen) atoms. The Morgan fingerprint density at radius 2 is 2.14 bits per heavy atom. The Bertz CT molecular complexity index is 406. The van der Waals surface area contributed by atoms with Gasteiger partial charge in [-0.1, -0.05) is 0 Å². The van der Waals surface area contributed by atoms with Crippen molar-refractivity contribution in [2.75, 3.05) is 6.61 Å². The van der Waals surface area contributed by atoms with Crippen molar-refractivity contribution < 1.29 is 9.53 Å². The summed E-state index contributed by atoms with van der Waals surface area (Å²) in [5, 5.41) is 0. The molecular weight excluding hydrogens is 182 g/mol. The number of nitrogens with one attached hydrogen (secondary N) is 1. The number of aryl methyl sites for hydroxylation is 2. The van der Waals surface area contributed by atoms with E-state index in [0.29, 0.717) is 0 Å². The van der Waals surface area contributed by atoms with Crippen molar-refractivity contribution >= 4 is 5.97 Å². The molecule has 0 radical (unpaired) electrons. The molecule has 0 aliphatic rings. The van der Waals surface area contributed by atoms with Crippen LogP contribution in [0.2, 0.25) is 0 Å². The van der Waals surface area contributed by atoms with Crippen LogP contribution in [-0.4, -0.2) is 17.6 Å². The van der Waals surface area contributed by atoms with Gasteiger partial charge in [0.25, 0.3) is 5.56 Å². The number of carbonyl (C=O) groups excluding carboxylic acids is 1. The van der Waals surface area contributed by atoms with Gasteiger partial charge in [-0.15, -0.1) is 0 Å². The molecule has 0 aliphatic heterocycles. The zero-order valence-corrected chi connectivity index (χ0v) is 8.51. The molecular formula is C10H13NO3. The monoisotopic (exact) mass is 195 g/mol. The topological polar surface area (TPSA) is 59.2 Å². The first-order valence-corrected chi connectivity index (χ1v) is 4.44. The summed E-state index contributed by atoms with van der Waals surface area (Å²) in [4.78, 5) is 25.2. The van der Waals surface area contributed by atoms with Crippen molar-refractivity contribution in [3.8, 4) is 0 Å². The third kappa shape index (κ3) is 2.02. The van der Waals surface area contributed by atoms with E-state index in [9.17, 15) is 9.59 Å². The Labute approximate surface area is 81.9 Å². The fourth-order valence-electron chi connectivity index (χ4n) is 1.09. The van der Waals surface area contributed by atoms with Gasteiger partial charge in [-0.25, -0.2) is 4.79 Å². The van der Waals surface area contributed by atoms with E-state index in [1.165, 1.54) is 0 Å². The largest absolute Gasteiger partial charge is 0.462 e. The molecule has 0 atom stereocenters. The van der Waals surface area contributed by atoms with E-state index in [0.717, 1.165) is 11.3 Å². The van der Waals surface area contributed by atoms with Gasteiger partial charge in [0.15, 0.2) is 0 Å². The molecule has 0 fully saturated rings. The highest BCUT2D eigenvalue weighted by atomic mass is 16.5. The molecule has 4 nitrogen and oxygen atoms in total. The molecule has 0 aliphatic carbocycles. The molecule has 76 valence electrons. The van der Waals surface area contributed by atoms with Crippen LogP contribution < -0.4 is 5.56 Å². The lowest BCUT2D eigenvalue weighted by Gasteiger charge is -2.03. The van der Waals surface area contributed by atoms with E-state index in [-0.39, 0.29) is 12.2 Å². The molecule has 0 bridgehead atoms. The smallest absolute Gasteiger partial charge is 0.343 e. The molecule has 0 aromatic carbocycles. The predicted octanol–water partition coefficient (Wildman–Crippen LogP) is 1.17. The quantitative estimate of drug-likeness (QED) is 0.720. The SMILES string of the molecule is CCOC(=O)c1cc(C)c(C)[nH]c1=O. The van der Waals surface area contributed by atoms with E-state index < -0.39 is 11.5 Å². The summed E-state index contributed by atoms with van der Waals surface area (Å²) in [5.74, 6) is -0.572. The third-order valence-corrected chi connectivity index (χ3v) is 1.99. The van der Waals surface area contributed by atoms with Gasteiger partial charge >= 0.3 is 5.97 Å². The molecule has 0 saturated carbocycles. The van der Waals surface area contributed by atoms with Crippen LogP contribution in [0.5, 0.6) is 0 Å². The maximum absolute atomic E-state index is 11.4. The molecule has 0 unspecified atom stereocenters. The lowest BCUT2D eigenvalue weighted by atomic mass is 10.1. The second-order valence-electron chi connectivity index (χ2n) is 3.04. The third-order valence-electron chi connectivity index (χ3n) is 1.99. The van der Waals surface area contributed by atoms with E-state index in [4.69, 9.17) is 4.74 Å². The number of aromatic amines is 1. The van der Waals surface area contributed by atoms with E-state index in [2.05, 4.69) is 4.98 Å². The van der Waals surface area contributed by atoms with Crippen LogP contribution in [0.25, 0.3) is 0 Å². The number of hydrogen-bond donors (Lipinski definition) is 1. The Hall–Kier alpha value is -1.58. The normalized spacial score (nSPS) is 9.93. The van der Waals surface area contributed by atoms with Crippen molar-refractivity contribution in [1.82, 2.24) is 4.98 Å². The average Bonchev–Trinajstić information content (AvgIpc) is 2.11. The van der Waals surface area contributed by atoms with Gasteiger partial charge in [0.05, 0.1) is 6.61 Å². The maximum atomic E-state index is 11.4. The summed E-state index contributed by atoms with van der Waals surface area (Å²) in [7, 11) is 0. The Morgan fingerprint density at radius 1 is 1.50 bits per heavy atom. The number of esters is 1. The van der Waals surface area contributed by atoms with Gasteiger partial charge in [0, 0.05) is 5.69 Å². The molecule has 1 aromatic rings. The summed E-state index contributed by atoms with van der Waals surface area (Å²) < 4.78 is 4.74. The summed E-state index contributed by atoms with van der Waals surface area (Å²) >= 11 is 0. The molecule has 1 rings (SSSR count). The van der Waals surface area contributed by atoms with Crippen LogP contribution in [0.1, 0.15) is 28.5 Å². The summed E-state index contributed by atoms with van der Waals surface area (Å²) in [6, 6.07) is 1.55. The van der Waals surface area contributed by atoms with Gasteiger partial charge in [-0.3, -0.25) is 4.79 Å². The summed E-state index contributed by atoms with van der Waals surface area (Å²) in [6.07, 6.45) is 0. The molecule has 0 amide bonds. The van der Waals surface area contributed by atoms with Gasteiger partial charge in [-0.05, 0) is 32.4 Å². The Morgan fingerprint density at radius 3 is 2.71 bits per heavy atom. The van der Waals surface area contributed by atoms with E-state index in [1.54, 1.807) is 19.9 Å².